The van der Waals surface area contributed by atoms with Crippen LogP contribution in [0.15, 0.2) is 18.2 Å². The molecule has 2 N–H and O–H groups in total. The molecule has 2 atom stereocenters. The zero-order valence-electron chi connectivity index (χ0n) is 11.8. The zero-order chi connectivity index (χ0) is 14.3. The topological polar surface area (TPSA) is 46.3 Å². The van der Waals surface area contributed by atoms with Crippen molar-refractivity contribution >= 4 is 5.91 Å². The Balaban J connectivity index is 1.89. The number of aryl methyl sites for hydroxylation is 1. The number of carbonyl (C=O) groups is 1. The van der Waals surface area contributed by atoms with E-state index in [0.717, 1.165) is 30.6 Å². The summed E-state index contributed by atoms with van der Waals surface area (Å²) in [7, 11) is 0. The van der Waals surface area contributed by atoms with Crippen molar-refractivity contribution in [1.82, 2.24) is 4.90 Å². The maximum atomic E-state index is 13.3. The molecule has 1 aliphatic heterocycles. The standard InChI is InChI=1S/C16H21FN2O/c1-10-8-11(17)2-5-13(10)15-9-19(12-3-4-12)7-6-14(15)16(18)20/h2,5,8,12,14-15H,3-4,6-7,9H2,1H3,(H2,18,20). The number of piperidine rings is 1. The molecule has 0 bridgehead atoms. The molecule has 3 nitrogen and oxygen atoms in total. The number of hydrogen-bond donors (Lipinski definition) is 1. The van der Waals surface area contributed by atoms with Crippen molar-refractivity contribution in [2.45, 2.75) is 38.1 Å². The predicted octanol–water partition coefficient (Wildman–Crippen LogP) is 2.19. The fourth-order valence-electron chi connectivity index (χ4n) is 3.46. The minimum atomic E-state index is -0.228. The third-order valence-corrected chi connectivity index (χ3v) is 4.70. The van der Waals surface area contributed by atoms with Gasteiger partial charge in [-0.2, -0.15) is 0 Å². The van der Waals surface area contributed by atoms with Gasteiger partial charge in [-0.1, -0.05) is 6.07 Å². The molecular weight excluding hydrogens is 255 g/mol. The lowest BCUT2D eigenvalue weighted by atomic mass is 9.78. The van der Waals surface area contributed by atoms with Gasteiger partial charge in [0.25, 0.3) is 0 Å². The van der Waals surface area contributed by atoms with Crippen molar-refractivity contribution < 1.29 is 9.18 Å². The fourth-order valence-corrected chi connectivity index (χ4v) is 3.46. The Bertz CT molecular complexity index is 527. The largest absolute Gasteiger partial charge is 0.369 e. The second-order valence-electron chi connectivity index (χ2n) is 6.13. The van der Waals surface area contributed by atoms with Gasteiger partial charge in [-0.3, -0.25) is 9.69 Å². The predicted molar refractivity (Wildman–Crippen MR) is 75.8 cm³/mol. The van der Waals surface area contributed by atoms with Crippen molar-refractivity contribution in [1.29, 1.82) is 0 Å². The summed E-state index contributed by atoms with van der Waals surface area (Å²) < 4.78 is 13.3. The van der Waals surface area contributed by atoms with Gasteiger partial charge in [-0.25, -0.2) is 4.39 Å². The van der Waals surface area contributed by atoms with Gasteiger partial charge < -0.3 is 5.73 Å². The number of primary amides is 1. The van der Waals surface area contributed by atoms with E-state index < -0.39 is 0 Å². The molecule has 0 radical (unpaired) electrons. The number of nitrogens with zero attached hydrogens (tertiary/aromatic N) is 1. The number of nitrogens with two attached hydrogens (primary N) is 1. The zero-order valence-corrected chi connectivity index (χ0v) is 11.8. The third-order valence-electron chi connectivity index (χ3n) is 4.70. The van der Waals surface area contributed by atoms with E-state index >= 15 is 0 Å². The maximum Gasteiger partial charge on any atom is 0.221 e. The number of hydrogen-bond acceptors (Lipinski definition) is 2. The van der Waals surface area contributed by atoms with E-state index in [4.69, 9.17) is 5.73 Å². The molecule has 1 amide bonds. The molecule has 1 aliphatic carbocycles. The number of carbonyl (C=O) groups excluding carboxylic acids is 1. The molecule has 4 heteroatoms. The fraction of sp³-hybridized carbons (Fsp3) is 0.562. The number of benzene rings is 1. The molecule has 1 aromatic carbocycles. The molecule has 0 aromatic heterocycles. The number of likely N-dealkylation sites (tertiary alicyclic amines) is 1. The monoisotopic (exact) mass is 276 g/mol. The first-order chi connectivity index (χ1) is 9.56. The van der Waals surface area contributed by atoms with Crippen LogP contribution in [0.1, 0.15) is 36.3 Å². The summed E-state index contributed by atoms with van der Waals surface area (Å²) in [5.74, 6) is -0.484. The average molecular weight is 276 g/mol. The summed E-state index contributed by atoms with van der Waals surface area (Å²) in [5.41, 5.74) is 7.57. The van der Waals surface area contributed by atoms with E-state index in [2.05, 4.69) is 4.90 Å². The summed E-state index contributed by atoms with van der Waals surface area (Å²) in [6.45, 7) is 3.73. The lowest BCUT2D eigenvalue weighted by Gasteiger charge is -2.38. The second kappa shape index (κ2) is 5.17. The van der Waals surface area contributed by atoms with Crippen LogP contribution in [0.4, 0.5) is 4.39 Å². The molecule has 3 rings (SSSR count). The quantitative estimate of drug-likeness (QED) is 0.920. The highest BCUT2D eigenvalue weighted by atomic mass is 19.1. The molecule has 1 saturated carbocycles. The Kier molecular flexibility index (Phi) is 3.50. The van der Waals surface area contributed by atoms with Gasteiger partial charge in [0, 0.05) is 24.4 Å². The molecule has 20 heavy (non-hydrogen) atoms. The molecule has 1 saturated heterocycles. The van der Waals surface area contributed by atoms with Crippen molar-refractivity contribution in [3.05, 3.63) is 35.1 Å². The van der Waals surface area contributed by atoms with Crippen LogP contribution in [0, 0.1) is 18.7 Å². The summed E-state index contributed by atoms with van der Waals surface area (Å²) in [5, 5.41) is 0. The highest BCUT2D eigenvalue weighted by molar-refractivity contribution is 5.78. The van der Waals surface area contributed by atoms with Crippen LogP contribution in [-0.2, 0) is 4.79 Å². The van der Waals surface area contributed by atoms with Crippen LogP contribution in [0.3, 0.4) is 0 Å². The molecule has 2 fully saturated rings. The van der Waals surface area contributed by atoms with Gasteiger partial charge in [0.15, 0.2) is 0 Å². The normalized spacial score (nSPS) is 27.5. The van der Waals surface area contributed by atoms with E-state index in [-0.39, 0.29) is 23.6 Å². The van der Waals surface area contributed by atoms with Gasteiger partial charge in [0.1, 0.15) is 5.82 Å². The number of halogens is 1. The highest BCUT2D eigenvalue weighted by Gasteiger charge is 2.39. The van der Waals surface area contributed by atoms with Crippen molar-refractivity contribution in [2.24, 2.45) is 11.7 Å². The maximum absolute atomic E-state index is 13.3. The molecule has 108 valence electrons. The van der Waals surface area contributed by atoms with Crippen molar-refractivity contribution in [2.75, 3.05) is 13.1 Å². The highest BCUT2D eigenvalue weighted by Crippen LogP contribution is 2.38. The van der Waals surface area contributed by atoms with Gasteiger partial charge in [-0.05, 0) is 56.0 Å². The van der Waals surface area contributed by atoms with Crippen LogP contribution >= 0.6 is 0 Å². The molecule has 2 unspecified atom stereocenters. The van der Waals surface area contributed by atoms with E-state index in [1.807, 2.05) is 13.0 Å². The van der Waals surface area contributed by atoms with E-state index in [1.54, 1.807) is 6.07 Å². The van der Waals surface area contributed by atoms with Crippen LogP contribution in [0.5, 0.6) is 0 Å². The summed E-state index contributed by atoms with van der Waals surface area (Å²) in [4.78, 5) is 14.2. The van der Waals surface area contributed by atoms with E-state index in [0.29, 0.717) is 6.04 Å². The molecule has 0 spiro atoms. The summed E-state index contributed by atoms with van der Waals surface area (Å²) in [6, 6.07) is 5.54. The van der Waals surface area contributed by atoms with Crippen LogP contribution < -0.4 is 5.73 Å². The Hall–Kier alpha value is -1.42. The van der Waals surface area contributed by atoms with Crippen LogP contribution in [0.2, 0.25) is 0 Å². The number of amides is 1. The lowest BCUT2D eigenvalue weighted by Crippen LogP contribution is -2.45. The van der Waals surface area contributed by atoms with Crippen LogP contribution in [-0.4, -0.2) is 29.9 Å². The minimum Gasteiger partial charge on any atom is -0.369 e. The smallest absolute Gasteiger partial charge is 0.221 e. The first kappa shape index (κ1) is 13.6. The second-order valence-corrected chi connectivity index (χ2v) is 6.13. The van der Waals surface area contributed by atoms with Gasteiger partial charge in [-0.15, -0.1) is 0 Å². The van der Waals surface area contributed by atoms with Crippen molar-refractivity contribution in [3.63, 3.8) is 0 Å². The third kappa shape index (κ3) is 2.57. The SMILES string of the molecule is Cc1cc(F)ccc1C1CN(C2CC2)CCC1C(N)=O. The molecule has 1 heterocycles. The Morgan fingerprint density at radius 2 is 2.10 bits per heavy atom. The Morgan fingerprint density at radius 1 is 1.35 bits per heavy atom. The molecular formula is C16H21FN2O. The van der Waals surface area contributed by atoms with Crippen molar-refractivity contribution in [3.8, 4) is 0 Å². The van der Waals surface area contributed by atoms with E-state index in [1.165, 1.54) is 18.9 Å². The average Bonchev–Trinajstić information content (AvgIpc) is 3.22. The first-order valence-electron chi connectivity index (χ1n) is 7.35. The van der Waals surface area contributed by atoms with Gasteiger partial charge in [0.2, 0.25) is 5.91 Å². The van der Waals surface area contributed by atoms with E-state index in [9.17, 15) is 9.18 Å². The summed E-state index contributed by atoms with van der Waals surface area (Å²) in [6.07, 6.45) is 3.33. The first-order valence-corrected chi connectivity index (χ1v) is 7.35. The number of rotatable bonds is 3. The molecule has 2 aliphatic rings. The van der Waals surface area contributed by atoms with Gasteiger partial charge in [0.05, 0.1) is 0 Å². The molecule has 1 aromatic rings. The van der Waals surface area contributed by atoms with Crippen LogP contribution in [0.25, 0.3) is 0 Å². The Labute approximate surface area is 118 Å². The van der Waals surface area contributed by atoms with Gasteiger partial charge >= 0.3 is 0 Å². The summed E-state index contributed by atoms with van der Waals surface area (Å²) >= 11 is 0. The lowest BCUT2D eigenvalue weighted by molar-refractivity contribution is -0.124. The minimum absolute atomic E-state index is 0.0995. The Morgan fingerprint density at radius 3 is 2.70 bits per heavy atom.